The Morgan fingerprint density at radius 1 is 1.21 bits per heavy atom. The summed E-state index contributed by atoms with van der Waals surface area (Å²) < 4.78 is 13.4. The van der Waals surface area contributed by atoms with Gasteiger partial charge in [0.25, 0.3) is 0 Å². The van der Waals surface area contributed by atoms with Crippen LogP contribution in [-0.2, 0) is 17.8 Å². The van der Waals surface area contributed by atoms with Gasteiger partial charge in [0.05, 0.1) is 0 Å². The van der Waals surface area contributed by atoms with Gasteiger partial charge in [-0.15, -0.1) is 0 Å². The number of carboxylic acids is 1. The van der Waals surface area contributed by atoms with E-state index >= 15 is 0 Å². The summed E-state index contributed by atoms with van der Waals surface area (Å²) in [6.45, 7) is 1.28. The molecule has 122 valence electrons. The van der Waals surface area contributed by atoms with Gasteiger partial charge in [0.2, 0.25) is 0 Å². The Labute approximate surface area is 138 Å². The van der Waals surface area contributed by atoms with Gasteiger partial charge in [0.15, 0.2) is 0 Å². The third-order valence-electron chi connectivity index (χ3n) is 4.73. The largest absolute Gasteiger partial charge is 0.480 e. The zero-order chi connectivity index (χ0) is 16.7. The first-order valence-corrected chi connectivity index (χ1v) is 7.93. The number of carboxylic acid groups (broad SMARTS) is 1. The van der Waals surface area contributed by atoms with Gasteiger partial charge in [-0.3, -0.25) is 9.69 Å². The van der Waals surface area contributed by atoms with Gasteiger partial charge in [-0.05, 0) is 35.7 Å². The van der Waals surface area contributed by atoms with E-state index in [4.69, 9.17) is 0 Å². The van der Waals surface area contributed by atoms with Crippen LogP contribution in [0.15, 0.2) is 48.7 Å². The molecule has 1 aromatic heterocycles. The van der Waals surface area contributed by atoms with Crippen molar-refractivity contribution in [3.8, 4) is 0 Å². The molecular formula is C19H17FN2O2. The summed E-state index contributed by atoms with van der Waals surface area (Å²) in [5.41, 5.74) is 3.74. The summed E-state index contributed by atoms with van der Waals surface area (Å²) in [6, 6.07) is 11.8. The molecule has 2 N–H and O–H groups in total. The van der Waals surface area contributed by atoms with Crippen molar-refractivity contribution in [1.82, 2.24) is 9.88 Å². The minimum Gasteiger partial charge on any atom is -0.480 e. The first kappa shape index (κ1) is 14.9. The normalized spacial score (nSPS) is 16.0. The lowest BCUT2D eigenvalue weighted by molar-refractivity contribution is -0.144. The molecule has 5 heteroatoms. The lowest BCUT2D eigenvalue weighted by atomic mass is 9.96. The van der Waals surface area contributed by atoms with E-state index in [1.807, 2.05) is 23.1 Å². The number of aromatic amines is 1. The Kier molecular flexibility index (Phi) is 3.58. The lowest BCUT2D eigenvalue weighted by Crippen LogP contribution is -2.38. The van der Waals surface area contributed by atoms with Crippen molar-refractivity contribution in [1.29, 1.82) is 0 Å². The molecule has 0 fully saturated rings. The van der Waals surface area contributed by atoms with Crippen molar-refractivity contribution in [2.24, 2.45) is 0 Å². The van der Waals surface area contributed by atoms with Crippen molar-refractivity contribution in [2.45, 2.75) is 19.0 Å². The summed E-state index contributed by atoms with van der Waals surface area (Å²) >= 11 is 0. The maximum Gasteiger partial charge on any atom is 0.325 e. The number of fused-ring (bicyclic) bond motifs is 2. The molecule has 4 nitrogen and oxygen atoms in total. The summed E-state index contributed by atoms with van der Waals surface area (Å²) in [5, 5.41) is 10.6. The van der Waals surface area contributed by atoms with E-state index in [-0.39, 0.29) is 5.82 Å². The second-order valence-electron chi connectivity index (χ2n) is 6.16. The number of aliphatic carboxylic acids is 1. The van der Waals surface area contributed by atoms with Crippen molar-refractivity contribution in [2.75, 3.05) is 6.54 Å². The topological polar surface area (TPSA) is 56.3 Å². The van der Waals surface area contributed by atoms with Gasteiger partial charge >= 0.3 is 5.97 Å². The van der Waals surface area contributed by atoms with Gasteiger partial charge in [0, 0.05) is 35.8 Å². The molecule has 1 aliphatic heterocycles. The SMILES string of the molecule is O=C(O)[C@@H](c1c[nH]c2cc(F)ccc12)N1CCc2ccccc2C1. The third-order valence-corrected chi connectivity index (χ3v) is 4.73. The first-order chi connectivity index (χ1) is 11.6. The number of hydrogen-bond donors (Lipinski definition) is 2. The molecule has 0 bridgehead atoms. The summed E-state index contributed by atoms with van der Waals surface area (Å²) in [7, 11) is 0. The highest BCUT2D eigenvalue weighted by Gasteiger charge is 2.31. The van der Waals surface area contributed by atoms with Crippen molar-refractivity contribution in [3.05, 3.63) is 71.2 Å². The number of halogens is 1. The van der Waals surface area contributed by atoms with E-state index in [9.17, 15) is 14.3 Å². The Hall–Kier alpha value is -2.66. The number of H-pyrrole nitrogens is 1. The van der Waals surface area contributed by atoms with E-state index in [1.165, 1.54) is 23.3 Å². The van der Waals surface area contributed by atoms with Crippen LogP contribution in [0.4, 0.5) is 4.39 Å². The van der Waals surface area contributed by atoms with Crippen LogP contribution >= 0.6 is 0 Å². The van der Waals surface area contributed by atoms with Gasteiger partial charge in [-0.2, -0.15) is 0 Å². The number of nitrogens with zero attached hydrogens (tertiary/aromatic N) is 1. The predicted octanol–water partition coefficient (Wildman–Crippen LogP) is 3.49. The maximum atomic E-state index is 13.4. The number of aromatic nitrogens is 1. The van der Waals surface area contributed by atoms with Gasteiger partial charge in [0.1, 0.15) is 11.9 Å². The van der Waals surface area contributed by atoms with Crippen LogP contribution in [0.25, 0.3) is 10.9 Å². The van der Waals surface area contributed by atoms with Crippen LogP contribution in [0.1, 0.15) is 22.7 Å². The number of rotatable bonds is 3. The molecule has 0 unspecified atom stereocenters. The average Bonchev–Trinajstić information content (AvgIpc) is 2.97. The molecule has 4 rings (SSSR count). The van der Waals surface area contributed by atoms with Gasteiger partial charge in [-0.1, -0.05) is 24.3 Å². The molecule has 24 heavy (non-hydrogen) atoms. The highest BCUT2D eigenvalue weighted by molar-refractivity contribution is 5.89. The number of nitrogens with one attached hydrogen (secondary N) is 1. The molecule has 2 heterocycles. The molecular weight excluding hydrogens is 307 g/mol. The molecule has 3 aromatic rings. The van der Waals surface area contributed by atoms with Crippen LogP contribution in [0.5, 0.6) is 0 Å². The van der Waals surface area contributed by atoms with Crippen LogP contribution < -0.4 is 0 Å². The minimum atomic E-state index is -0.889. The molecule has 0 spiro atoms. The number of hydrogen-bond acceptors (Lipinski definition) is 2. The quantitative estimate of drug-likeness (QED) is 0.775. The zero-order valence-electron chi connectivity index (χ0n) is 13.0. The van der Waals surface area contributed by atoms with Crippen molar-refractivity contribution >= 4 is 16.9 Å². The van der Waals surface area contributed by atoms with Gasteiger partial charge in [-0.25, -0.2) is 4.39 Å². The third kappa shape index (κ3) is 2.47. The molecule has 0 amide bonds. The molecule has 0 radical (unpaired) electrons. The lowest BCUT2D eigenvalue weighted by Gasteiger charge is -2.33. The van der Waals surface area contributed by atoms with Crippen molar-refractivity contribution in [3.63, 3.8) is 0 Å². The Morgan fingerprint density at radius 2 is 2.00 bits per heavy atom. The van der Waals surface area contributed by atoms with Gasteiger partial charge < -0.3 is 10.1 Å². The second kappa shape index (κ2) is 5.76. The zero-order valence-corrected chi connectivity index (χ0v) is 13.0. The monoisotopic (exact) mass is 324 g/mol. The molecule has 1 atom stereocenters. The van der Waals surface area contributed by atoms with Crippen LogP contribution in [0.3, 0.4) is 0 Å². The van der Waals surface area contributed by atoms with E-state index in [2.05, 4.69) is 11.1 Å². The highest BCUT2D eigenvalue weighted by atomic mass is 19.1. The number of carbonyl (C=O) groups is 1. The molecule has 0 saturated heterocycles. The molecule has 2 aromatic carbocycles. The smallest absolute Gasteiger partial charge is 0.325 e. The second-order valence-corrected chi connectivity index (χ2v) is 6.16. The van der Waals surface area contributed by atoms with E-state index in [0.29, 0.717) is 24.2 Å². The summed E-state index contributed by atoms with van der Waals surface area (Å²) in [4.78, 5) is 17.0. The summed E-state index contributed by atoms with van der Waals surface area (Å²) in [5.74, 6) is -1.23. The van der Waals surface area contributed by atoms with E-state index < -0.39 is 12.0 Å². The molecule has 1 aliphatic rings. The van der Waals surface area contributed by atoms with Crippen LogP contribution in [0, 0.1) is 5.82 Å². The maximum absolute atomic E-state index is 13.4. The fraction of sp³-hybridized carbons (Fsp3) is 0.211. The Bertz CT molecular complexity index is 919. The van der Waals surface area contributed by atoms with Crippen LogP contribution in [-0.4, -0.2) is 27.5 Å². The first-order valence-electron chi connectivity index (χ1n) is 7.93. The predicted molar refractivity (Wildman–Crippen MR) is 89.2 cm³/mol. The fourth-order valence-corrected chi connectivity index (χ4v) is 3.57. The van der Waals surface area contributed by atoms with E-state index in [1.54, 1.807) is 12.3 Å². The molecule has 0 aliphatic carbocycles. The highest BCUT2D eigenvalue weighted by Crippen LogP contribution is 2.32. The number of benzene rings is 2. The standard InChI is InChI=1S/C19H17FN2O2/c20-14-5-6-15-16(10-21-17(15)9-14)18(19(23)24)22-8-7-12-3-1-2-4-13(12)11-22/h1-6,9-10,18,21H,7-8,11H2,(H,23,24)/t18-/m1/s1. The van der Waals surface area contributed by atoms with Crippen LogP contribution in [0.2, 0.25) is 0 Å². The van der Waals surface area contributed by atoms with E-state index in [0.717, 1.165) is 11.8 Å². The Balaban J connectivity index is 1.74. The summed E-state index contributed by atoms with van der Waals surface area (Å²) in [6.07, 6.45) is 2.51. The average molecular weight is 324 g/mol. The Morgan fingerprint density at radius 3 is 2.79 bits per heavy atom. The molecule has 0 saturated carbocycles. The minimum absolute atomic E-state index is 0.338. The fourth-order valence-electron chi connectivity index (χ4n) is 3.57. The van der Waals surface area contributed by atoms with Crippen molar-refractivity contribution < 1.29 is 14.3 Å².